The smallest absolute Gasteiger partial charge is 0.481 e. The first-order chi connectivity index (χ1) is 20.4. The third kappa shape index (κ3) is 15.1. The number of rotatable bonds is 18. The van der Waals surface area contributed by atoms with Crippen molar-refractivity contribution in [3.05, 3.63) is 29.8 Å². The number of nitrogens with two attached hydrogens (primary N) is 1. The molecule has 0 fully saturated rings. The molecular weight excluding hydrogens is 612 g/mol. The number of carbonyl (C=O) groups is 7. The van der Waals surface area contributed by atoms with Gasteiger partial charge in [-0.2, -0.15) is 0 Å². The van der Waals surface area contributed by atoms with Gasteiger partial charge in [0.2, 0.25) is 35.4 Å². The molecule has 0 radical (unpaired) electrons. The average molecular weight is 648 g/mol. The van der Waals surface area contributed by atoms with E-state index < -0.39 is 93.0 Å². The maximum absolute atomic E-state index is 13.0. The standard InChI is InChI=1S/C24H35N6O13P/c1-12(31)21(30-19(34)11-27-22(37)16(28-13(2)32)7-8-20(35)36)24(39)29-17(23(38)26-10-18(25)33)9-14-3-5-15(6-4-14)43-44(40,41)42/h3-6,12,16-17,21,31H,7-11H2,1-2H3,(H2,25,33)(H,26,38)(H,27,37)(H,28,32)(H,29,39)(H,30,34)(H,35,36)(H2,40,41,42)/t12-,16+,17+,21+/m1/s1/i44+1. The van der Waals surface area contributed by atoms with Gasteiger partial charge in [0.25, 0.3) is 0 Å². The van der Waals surface area contributed by atoms with Gasteiger partial charge >= 0.3 is 13.8 Å². The van der Waals surface area contributed by atoms with Gasteiger partial charge < -0.3 is 47.1 Å². The van der Waals surface area contributed by atoms with E-state index in [1.54, 1.807) is 0 Å². The summed E-state index contributed by atoms with van der Waals surface area (Å²) in [6.07, 6.45) is -2.46. The minimum atomic E-state index is -4.83. The Morgan fingerprint density at radius 1 is 0.886 bits per heavy atom. The Bertz CT molecular complexity index is 1270. The van der Waals surface area contributed by atoms with E-state index in [0.29, 0.717) is 5.56 Å². The Hall–Kier alpha value is -4.58. The number of aliphatic carboxylic acids is 1. The van der Waals surface area contributed by atoms with E-state index in [1.807, 2.05) is 0 Å². The van der Waals surface area contributed by atoms with Gasteiger partial charge in [-0.1, -0.05) is 12.1 Å². The van der Waals surface area contributed by atoms with Gasteiger partial charge in [0.15, 0.2) is 0 Å². The maximum atomic E-state index is 13.0. The van der Waals surface area contributed by atoms with Gasteiger partial charge in [0, 0.05) is 19.8 Å². The lowest BCUT2D eigenvalue weighted by Crippen LogP contribution is -2.59. The highest BCUT2D eigenvalue weighted by Gasteiger charge is 2.30. The van der Waals surface area contributed by atoms with Crippen molar-refractivity contribution in [2.75, 3.05) is 13.1 Å². The Kier molecular flexibility index (Phi) is 14.9. The monoisotopic (exact) mass is 647 g/mol. The van der Waals surface area contributed by atoms with Gasteiger partial charge in [-0.05, 0) is 31.0 Å². The van der Waals surface area contributed by atoms with Gasteiger partial charge in [-0.15, -0.1) is 0 Å². The second-order valence-corrected chi connectivity index (χ2v) is 10.5. The second-order valence-electron chi connectivity index (χ2n) is 9.36. The molecule has 0 aliphatic heterocycles. The van der Waals surface area contributed by atoms with E-state index in [-0.39, 0.29) is 18.6 Å². The molecule has 0 saturated heterocycles. The van der Waals surface area contributed by atoms with Gasteiger partial charge in [0.05, 0.1) is 19.2 Å². The molecule has 0 aliphatic rings. The largest absolute Gasteiger partial charge is 0.524 e. The molecule has 0 heterocycles. The van der Waals surface area contributed by atoms with Gasteiger partial charge in [-0.25, -0.2) is 4.57 Å². The molecular formula is C24H35N6O13P. The number of carboxylic acid groups (broad SMARTS) is 1. The van der Waals surface area contributed by atoms with Crippen molar-refractivity contribution in [3.8, 4) is 5.75 Å². The minimum Gasteiger partial charge on any atom is -0.481 e. The molecule has 244 valence electrons. The maximum Gasteiger partial charge on any atom is 0.524 e. The molecule has 1 rings (SSSR count). The zero-order chi connectivity index (χ0) is 33.6. The molecule has 0 saturated carbocycles. The fourth-order valence-corrected chi connectivity index (χ4v) is 3.93. The molecule has 11 N–H and O–H groups in total. The van der Waals surface area contributed by atoms with Crippen LogP contribution in [0.1, 0.15) is 32.3 Å². The Balaban J connectivity index is 2.98. The molecule has 0 aromatic heterocycles. The van der Waals surface area contributed by atoms with Crippen LogP contribution in [0.25, 0.3) is 0 Å². The zero-order valence-electron chi connectivity index (χ0n) is 23.6. The predicted molar refractivity (Wildman–Crippen MR) is 148 cm³/mol. The number of primary amides is 1. The number of phosphoric acid groups is 1. The number of aliphatic hydroxyl groups is 1. The topological polar surface area (TPSA) is 313 Å². The fraction of sp³-hybridized carbons (Fsp3) is 0.458. The number of hydrogen-bond acceptors (Lipinski definition) is 10. The van der Waals surface area contributed by atoms with Gasteiger partial charge in [-0.3, -0.25) is 43.3 Å². The van der Waals surface area contributed by atoms with E-state index in [0.717, 1.165) is 13.8 Å². The molecule has 0 bridgehead atoms. The fourth-order valence-electron chi connectivity index (χ4n) is 3.53. The summed E-state index contributed by atoms with van der Waals surface area (Å²) in [5, 5.41) is 30.2. The Morgan fingerprint density at radius 2 is 1.45 bits per heavy atom. The first-order valence-electron chi connectivity index (χ1n) is 12.8. The zero-order valence-corrected chi connectivity index (χ0v) is 24.5. The van der Waals surface area contributed by atoms with Crippen LogP contribution >= 0.6 is 7.82 Å². The van der Waals surface area contributed by atoms with Crippen LogP contribution < -0.4 is 36.8 Å². The molecule has 1 aromatic rings. The van der Waals surface area contributed by atoms with Crippen LogP contribution in [0.15, 0.2) is 24.3 Å². The molecule has 6 amide bonds. The molecule has 20 heteroatoms. The molecule has 0 unspecified atom stereocenters. The Morgan fingerprint density at radius 3 is 1.95 bits per heavy atom. The molecule has 0 spiro atoms. The number of amides is 6. The van der Waals surface area contributed by atoms with Crippen molar-refractivity contribution in [3.63, 3.8) is 0 Å². The van der Waals surface area contributed by atoms with E-state index in [2.05, 4.69) is 31.1 Å². The number of aliphatic hydroxyl groups excluding tert-OH is 1. The predicted octanol–water partition coefficient (Wildman–Crippen LogP) is -3.86. The lowest BCUT2D eigenvalue weighted by Gasteiger charge is -2.25. The van der Waals surface area contributed by atoms with Crippen molar-refractivity contribution in [1.29, 1.82) is 0 Å². The summed E-state index contributed by atoms with van der Waals surface area (Å²) in [6.45, 7) is 0.952. The van der Waals surface area contributed by atoms with Crippen LogP contribution in [-0.4, -0.2) is 98.7 Å². The van der Waals surface area contributed by atoms with E-state index in [4.69, 9.17) is 20.6 Å². The molecule has 4 atom stereocenters. The summed E-state index contributed by atoms with van der Waals surface area (Å²) in [4.78, 5) is 102. The summed E-state index contributed by atoms with van der Waals surface area (Å²) in [5.74, 6) is -6.67. The highest BCUT2D eigenvalue weighted by molar-refractivity contribution is 7.46. The highest BCUT2D eigenvalue weighted by Crippen LogP contribution is 2.37. The van der Waals surface area contributed by atoms with Crippen LogP contribution in [0.3, 0.4) is 0 Å². The number of nitrogens with one attached hydrogen (secondary N) is 5. The summed E-state index contributed by atoms with van der Waals surface area (Å²) in [5.41, 5.74) is 5.41. The summed E-state index contributed by atoms with van der Waals surface area (Å²) < 4.78 is 15.5. The molecule has 0 aliphatic carbocycles. The van der Waals surface area contributed by atoms with E-state index in [9.17, 15) is 43.2 Å². The molecule has 19 nitrogen and oxygen atoms in total. The number of carboxylic acids is 1. The quantitative estimate of drug-likeness (QED) is 0.0683. The van der Waals surface area contributed by atoms with Gasteiger partial charge in [0.1, 0.15) is 23.9 Å². The average Bonchev–Trinajstić information content (AvgIpc) is 2.90. The molecule has 44 heavy (non-hydrogen) atoms. The van der Waals surface area contributed by atoms with Crippen molar-refractivity contribution in [1.82, 2.24) is 26.6 Å². The van der Waals surface area contributed by atoms with Crippen LogP contribution in [0.2, 0.25) is 0 Å². The van der Waals surface area contributed by atoms with Crippen LogP contribution in [0, 0.1) is 0 Å². The summed E-state index contributed by atoms with van der Waals surface area (Å²) in [7, 11) is -4.83. The number of carbonyl (C=O) groups excluding carboxylic acids is 6. The van der Waals surface area contributed by atoms with Crippen LogP contribution in [0.5, 0.6) is 5.75 Å². The number of hydrogen-bond donors (Lipinski definition) is 10. The lowest BCUT2D eigenvalue weighted by molar-refractivity contribution is -0.138. The van der Waals surface area contributed by atoms with E-state index >= 15 is 0 Å². The first kappa shape index (κ1) is 37.4. The van der Waals surface area contributed by atoms with E-state index in [1.165, 1.54) is 24.3 Å². The van der Waals surface area contributed by atoms with Crippen molar-refractivity contribution < 1.29 is 62.7 Å². The number of benzene rings is 1. The molecule has 1 aromatic carbocycles. The van der Waals surface area contributed by atoms with Crippen molar-refractivity contribution >= 4 is 49.2 Å². The second kappa shape index (κ2) is 17.5. The third-order valence-electron chi connectivity index (χ3n) is 5.50. The normalized spacial score (nSPS) is 13.7. The van der Waals surface area contributed by atoms with Crippen LogP contribution in [0.4, 0.5) is 0 Å². The Labute approximate surface area is 250 Å². The SMILES string of the molecule is CC(=O)N[C@@H](CCC(=O)O)C(=O)NCC(=O)N[C@H](C(=O)N[C@@H](Cc1ccc(O[32P](=O)(O)O)cc1)C(=O)NCC(N)=O)[C@@H](C)O. The summed E-state index contributed by atoms with van der Waals surface area (Å²) in [6, 6.07) is 0.757. The van der Waals surface area contributed by atoms with Crippen LogP contribution in [-0.2, 0) is 44.5 Å². The minimum absolute atomic E-state index is 0.185. The highest BCUT2D eigenvalue weighted by atomic mass is 32.2. The van der Waals surface area contributed by atoms with Crippen molar-refractivity contribution in [2.45, 2.75) is 57.3 Å². The lowest BCUT2D eigenvalue weighted by atomic mass is 10.0. The summed E-state index contributed by atoms with van der Waals surface area (Å²) >= 11 is 0. The first-order valence-corrected chi connectivity index (χ1v) is 14.4. The van der Waals surface area contributed by atoms with Crippen molar-refractivity contribution in [2.24, 2.45) is 5.73 Å². The number of phosphoric ester groups is 1. The third-order valence-corrected chi connectivity index (χ3v) is 5.95.